The van der Waals surface area contributed by atoms with E-state index in [1.54, 1.807) is 0 Å². The second-order valence-electron chi connectivity index (χ2n) is 7.24. The molecule has 0 aliphatic carbocycles. The van der Waals surface area contributed by atoms with Crippen LogP contribution in [0.25, 0.3) is 5.69 Å². The summed E-state index contributed by atoms with van der Waals surface area (Å²) in [5.41, 5.74) is 6.00. The molecule has 5 heteroatoms. The van der Waals surface area contributed by atoms with Crippen LogP contribution >= 0.6 is 0 Å². The molecule has 0 spiro atoms. The van der Waals surface area contributed by atoms with Crippen molar-refractivity contribution in [2.24, 2.45) is 0 Å². The smallest absolute Gasteiger partial charge is 0.0926 e. The van der Waals surface area contributed by atoms with E-state index >= 15 is 0 Å². The fourth-order valence-electron chi connectivity index (χ4n) is 4.05. The maximum Gasteiger partial charge on any atom is 0.0926 e. The maximum absolute atomic E-state index is 4.67. The normalized spacial score (nSPS) is 16.8. The van der Waals surface area contributed by atoms with E-state index in [0.717, 1.165) is 37.3 Å². The second kappa shape index (κ2) is 7.44. The summed E-state index contributed by atoms with van der Waals surface area (Å²) >= 11 is 0. The number of H-pyrrole nitrogens is 1. The third-order valence-corrected chi connectivity index (χ3v) is 5.49. The van der Waals surface area contributed by atoms with Crippen molar-refractivity contribution in [1.82, 2.24) is 24.6 Å². The van der Waals surface area contributed by atoms with Gasteiger partial charge in [-0.3, -0.25) is 4.90 Å². The van der Waals surface area contributed by atoms with Gasteiger partial charge in [0.15, 0.2) is 0 Å². The Balaban J connectivity index is 1.44. The van der Waals surface area contributed by atoms with E-state index in [1.165, 1.54) is 16.8 Å². The highest BCUT2D eigenvalue weighted by Gasteiger charge is 2.31. The number of rotatable bonds is 5. The first-order chi connectivity index (χ1) is 13.9. The molecule has 5 rings (SSSR count). The van der Waals surface area contributed by atoms with Crippen LogP contribution in [-0.2, 0) is 12.8 Å². The molecule has 5 nitrogen and oxygen atoms in total. The van der Waals surface area contributed by atoms with Crippen molar-refractivity contribution in [3.8, 4) is 5.69 Å². The quantitative estimate of drug-likeness (QED) is 0.582. The minimum Gasteiger partial charge on any atom is -0.348 e. The summed E-state index contributed by atoms with van der Waals surface area (Å²) in [6.45, 7) is 2.01. The largest absolute Gasteiger partial charge is 0.348 e. The minimum absolute atomic E-state index is 0.135. The number of para-hydroxylation sites is 1. The fraction of sp³-hybridized carbons (Fsp3) is 0.217. The van der Waals surface area contributed by atoms with Crippen molar-refractivity contribution in [3.05, 3.63) is 102 Å². The molecule has 1 aliphatic heterocycles. The summed E-state index contributed by atoms with van der Waals surface area (Å²) in [7, 11) is 0. The number of aromatic amines is 1. The average Bonchev–Trinajstić information content (AvgIpc) is 3.43. The molecule has 1 atom stereocenters. The van der Waals surface area contributed by atoms with E-state index in [2.05, 4.69) is 68.6 Å². The lowest BCUT2D eigenvalue weighted by Gasteiger charge is -2.34. The number of nitrogens with zero attached hydrogens (tertiary/aromatic N) is 4. The molecule has 0 saturated carbocycles. The Labute approximate surface area is 164 Å². The molecule has 0 saturated heterocycles. The van der Waals surface area contributed by atoms with Crippen LogP contribution in [-0.4, -0.2) is 37.7 Å². The molecular weight excluding hydrogens is 346 g/mol. The van der Waals surface area contributed by atoms with Crippen molar-refractivity contribution >= 4 is 0 Å². The Hall–Kier alpha value is -3.18. The van der Waals surface area contributed by atoms with Crippen molar-refractivity contribution in [2.45, 2.75) is 18.9 Å². The molecule has 140 valence electrons. The van der Waals surface area contributed by atoms with Gasteiger partial charge in [0.05, 0.1) is 29.9 Å². The van der Waals surface area contributed by atoms with Crippen LogP contribution in [0.15, 0.2) is 79.4 Å². The third-order valence-electron chi connectivity index (χ3n) is 5.49. The lowest BCUT2D eigenvalue weighted by Crippen LogP contribution is -2.37. The average molecular weight is 369 g/mol. The van der Waals surface area contributed by atoms with Crippen LogP contribution in [0.4, 0.5) is 0 Å². The predicted molar refractivity (Wildman–Crippen MR) is 109 cm³/mol. The fourth-order valence-corrected chi connectivity index (χ4v) is 4.05. The first-order valence-electron chi connectivity index (χ1n) is 9.78. The van der Waals surface area contributed by atoms with Gasteiger partial charge in [-0.25, -0.2) is 9.67 Å². The zero-order valence-corrected chi connectivity index (χ0v) is 15.7. The van der Waals surface area contributed by atoms with E-state index in [4.69, 9.17) is 0 Å². The molecule has 28 heavy (non-hydrogen) atoms. The molecule has 0 bridgehead atoms. The number of hydrogen-bond donors (Lipinski definition) is 1. The van der Waals surface area contributed by atoms with Gasteiger partial charge in [-0.05, 0) is 24.1 Å². The van der Waals surface area contributed by atoms with Gasteiger partial charge in [0, 0.05) is 37.0 Å². The van der Waals surface area contributed by atoms with Crippen molar-refractivity contribution < 1.29 is 0 Å². The summed E-state index contributed by atoms with van der Waals surface area (Å²) in [5, 5.41) is 4.62. The van der Waals surface area contributed by atoms with Gasteiger partial charge in [0.2, 0.25) is 0 Å². The first kappa shape index (κ1) is 17.0. The number of benzene rings is 2. The van der Waals surface area contributed by atoms with Gasteiger partial charge in [-0.1, -0.05) is 48.5 Å². The number of fused-ring (bicyclic) bond motifs is 1. The van der Waals surface area contributed by atoms with Gasteiger partial charge in [-0.15, -0.1) is 0 Å². The predicted octanol–water partition coefficient (Wildman–Crippen LogP) is 3.79. The van der Waals surface area contributed by atoms with Crippen LogP contribution in [0.5, 0.6) is 0 Å². The van der Waals surface area contributed by atoms with Crippen LogP contribution in [0, 0.1) is 0 Å². The third kappa shape index (κ3) is 3.25. The van der Waals surface area contributed by atoms with Crippen molar-refractivity contribution in [1.29, 1.82) is 0 Å². The number of aromatic nitrogens is 4. The highest BCUT2D eigenvalue weighted by Crippen LogP contribution is 2.33. The van der Waals surface area contributed by atoms with Gasteiger partial charge in [-0.2, -0.15) is 5.10 Å². The van der Waals surface area contributed by atoms with Gasteiger partial charge in [0.1, 0.15) is 0 Å². The monoisotopic (exact) mass is 369 g/mol. The molecule has 0 fully saturated rings. The lowest BCUT2D eigenvalue weighted by atomic mass is 9.97. The summed E-state index contributed by atoms with van der Waals surface area (Å²) in [6.07, 6.45) is 7.98. The number of hydrogen-bond acceptors (Lipinski definition) is 3. The lowest BCUT2D eigenvalue weighted by molar-refractivity contribution is 0.211. The van der Waals surface area contributed by atoms with E-state index in [1.807, 2.05) is 35.4 Å². The Bertz CT molecular complexity index is 1040. The Morgan fingerprint density at radius 1 is 1.00 bits per heavy atom. The van der Waals surface area contributed by atoms with Gasteiger partial charge < -0.3 is 4.98 Å². The molecule has 0 amide bonds. The summed E-state index contributed by atoms with van der Waals surface area (Å²) in [4.78, 5) is 10.5. The topological polar surface area (TPSA) is 49.7 Å². The SMILES string of the molecule is c1ccc(CCN2CCc3[nH]cnc3[C@@H]2c2cnn(-c3ccccc3)c2)cc1. The first-order valence-corrected chi connectivity index (χ1v) is 9.78. The molecule has 1 aliphatic rings. The molecule has 0 radical (unpaired) electrons. The van der Waals surface area contributed by atoms with E-state index in [9.17, 15) is 0 Å². The van der Waals surface area contributed by atoms with E-state index < -0.39 is 0 Å². The Morgan fingerprint density at radius 2 is 1.79 bits per heavy atom. The summed E-state index contributed by atoms with van der Waals surface area (Å²) in [6, 6.07) is 21.1. The van der Waals surface area contributed by atoms with Crippen LogP contribution in [0.1, 0.15) is 28.6 Å². The molecule has 0 unspecified atom stereocenters. The van der Waals surface area contributed by atoms with Crippen LogP contribution < -0.4 is 0 Å². The molecular formula is C23H23N5. The molecule has 2 aromatic heterocycles. The van der Waals surface area contributed by atoms with Crippen LogP contribution in [0.3, 0.4) is 0 Å². The molecule has 2 aromatic carbocycles. The molecule has 4 aromatic rings. The number of imidazole rings is 1. The van der Waals surface area contributed by atoms with Crippen LogP contribution in [0.2, 0.25) is 0 Å². The summed E-state index contributed by atoms with van der Waals surface area (Å²) in [5.74, 6) is 0. The van der Waals surface area contributed by atoms with Gasteiger partial charge >= 0.3 is 0 Å². The van der Waals surface area contributed by atoms with E-state index in [-0.39, 0.29) is 6.04 Å². The van der Waals surface area contributed by atoms with Gasteiger partial charge in [0.25, 0.3) is 0 Å². The minimum atomic E-state index is 0.135. The zero-order valence-electron chi connectivity index (χ0n) is 15.7. The summed E-state index contributed by atoms with van der Waals surface area (Å²) < 4.78 is 1.95. The highest BCUT2D eigenvalue weighted by atomic mass is 15.3. The Morgan fingerprint density at radius 3 is 2.61 bits per heavy atom. The van der Waals surface area contributed by atoms with Crippen molar-refractivity contribution in [3.63, 3.8) is 0 Å². The molecule has 3 heterocycles. The second-order valence-corrected chi connectivity index (χ2v) is 7.24. The standard InChI is InChI=1S/C23H23N5/c1-3-7-18(8-4-1)11-13-27-14-12-21-22(25-17-24-21)23(27)19-15-26-28(16-19)20-9-5-2-6-10-20/h1-10,15-17,23H,11-14H2,(H,24,25)/t23-/m0/s1. The van der Waals surface area contributed by atoms with Crippen molar-refractivity contribution in [2.75, 3.05) is 13.1 Å². The Kier molecular flexibility index (Phi) is 4.51. The molecule has 1 N–H and O–H groups in total. The zero-order chi connectivity index (χ0) is 18.8. The number of nitrogens with one attached hydrogen (secondary N) is 1. The highest BCUT2D eigenvalue weighted by molar-refractivity contribution is 5.35. The maximum atomic E-state index is 4.67. The van der Waals surface area contributed by atoms with E-state index in [0.29, 0.717) is 0 Å².